The average molecular weight is 344 g/mol. The van der Waals surface area contributed by atoms with Gasteiger partial charge >= 0.3 is 0 Å². The quantitative estimate of drug-likeness (QED) is 0.794. The maximum Gasteiger partial charge on any atom is 0.137 e. The summed E-state index contributed by atoms with van der Waals surface area (Å²) < 4.78 is 17.8. The predicted octanol–water partition coefficient (Wildman–Crippen LogP) is 4.65. The second kappa shape index (κ2) is 7.38. The molecule has 4 rings (SSSR count). The van der Waals surface area contributed by atoms with E-state index in [1.165, 1.54) is 12.8 Å². The van der Waals surface area contributed by atoms with Crippen molar-refractivity contribution in [2.45, 2.75) is 63.6 Å². The first-order chi connectivity index (χ1) is 12.2. The molecule has 1 N–H and O–H groups in total. The second-order valence-corrected chi connectivity index (χ2v) is 7.76. The van der Waals surface area contributed by atoms with Gasteiger partial charge in [-0.25, -0.2) is 0 Å². The van der Waals surface area contributed by atoms with Crippen molar-refractivity contribution in [1.29, 1.82) is 0 Å². The highest BCUT2D eigenvalue weighted by molar-refractivity contribution is 5.79. The summed E-state index contributed by atoms with van der Waals surface area (Å²) in [5.74, 6) is 3.22. The fraction of sp³-hybridized carbons (Fsp3) is 0.619. The summed E-state index contributed by atoms with van der Waals surface area (Å²) in [7, 11) is 0. The molecule has 4 nitrogen and oxygen atoms in total. The topological polar surface area (TPSA) is 51.8 Å². The molecule has 1 atom stereocenters. The second-order valence-electron chi connectivity index (χ2n) is 7.76. The molecule has 2 fully saturated rings. The van der Waals surface area contributed by atoms with E-state index in [4.69, 9.17) is 13.9 Å². The Kier molecular flexibility index (Phi) is 5.00. The first-order valence-corrected chi connectivity index (χ1v) is 9.63. The maximum absolute atomic E-state index is 9.34. The molecule has 1 heterocycles. The fourth-order valence-electron chi connectivity index (χ4n) is 3.61. The highest BCUT2D eigenvalue weighted by atomic mass is 16.5. The Hall–Kier alpha value is -1.52. The highest BCUT2D eigenvalue weighted by Gasteiger charge is 2.26. The van der Waals surface area contributed by atoms with Crippen molar-refractivity contribution in [2.75, 3.05) is 13.2 Å². The lowest BCUT2D eigenvalue weighted by Gasteiger charge is -2.27. The maximum atomic E-state index is 9.34. The number of furan rings is 1. The summed E-state index contributed by atoms with van der Waals surface area (Å²) in [5.41, 5.74) is 0.927. The molecule has 0 spiro atoms. The minimum absolute atomic E-state index is 0.276. The molecule has 1 aromatic carbocycles. The van der Waals surface area contributed by atoms with Gasteiger partial charge in [-0.05, 0) is 69.6 Å². The van der Waals surface area contributed by atoms with Crippen molar-refractivity contribution in [3.8, 4) is 5.75 Å². The van der Waals surface area contributed by atoms with E-state index in [2.05, 4.69) is 12.1 Å². The summed E-state index contributed by atoms with van der Waals surface area (Å²) in [4.78, 5) is 0. The minimum Gasteiger partial charge on any atom is -0.493 e. The molecule has 1 unspecified atom stereocenters. The van der Waals surface area contributed by atoms with Gasteiger partial charge in [0.25, 0.3) is 0 Å². The van der Waals surface area contributed by atoms with Crippen LogP contribution in [-0.2, 0) is 4.74 Å². The van der Waals surface area contributed by atoms with Gasteiger partial charge in [-0.1, -0.05) is 0 Å². The smallest absolute Gasteiger partial charge is 0.137 e. The zero-order valence-electron chi connectivity index (χ0n) is 14.9. The third-order valence-corrected chi connectivity index (χ3v) is 5.34. The molecule has 136 valence electrons. The lowest BCUT2D eigenvalue weighted by atomic mass is 9.86. The molecule has 1 aromatic heterocycles. The van der Waals surface area contributed by atoms with Crippen LogP contribution in [0.5, 0.6) is 5.75 Å². The lowest BCUT2D eigenvalue weighted by Crippen LogP contribution is -2.24. The van der Waals surface area contributed by atoms with Crippen LogP contribution in [0.4, 0.5) is 0 Å². The van der Waals surface area contributed by atoms with Crippen LogP contribution in [0.15, 0.2) is 28.7 Å². The van der Waals surface area contributed by atoms with Crippen LogP contribution < -0.4 is 4.74 Å². The lowest BCUT2D eigenvalue weighted by molar-refractivity contribution is -0.0208. The van der Waals surface area contributed by atoms with E-state index in [9.17, 15) is 5.11 Å². The molecular weight excluding hydrogens is 316 g/mol. The van der Waals surface area contributed by atoms with Gasteiger partial charge in [0.05, 0.1) is 25.4 Å². The SMILES string of the molecule is CC(O)CO[C@H]1CC[C@H](c2cc3ccc(OCC4CC4)cc3o2)CC1. The van der Waals surface area contributed by atoms with Gasteiger partial charge in [0, 0.05) is 17.4 Å². The van der Waals surface area contributed by atoms with Crippen molar-refractivity contribution in [2.24, 2.45) is 5.92 Å². The first-order valence-electron chi connectivity index (χ1n) is 9.63. The van der Waals surface area contributed by atoms with E-state index in [0.717, 1.165) is 60.7 Å². The van der Waals surface area contributed by atoms with Crippen LogP contribution in [0.2, 0.25) is 0 Å². The van der Waals surface area contributed by atoms with Gasteiger partial charge in [0.2, 0.25) is 0 Å². The van der Waals surface area contributed by atoms with Crippen molar-refractivity contribution >= 4 is 11.0 Å². The first kappa shape index (κ1) is 16.9. The summed E-state index contributed by atoms with van der Waals surface area (Å²) >= 11 is 0. The number of benzene rings is 1. The zero-order valence-corrected chi connectivity index (χ0v) is 14.9. The molecule has 4 heteroatoms. The van der Waals surface area contributed by atoms with E-state index in [0.29, 0.717) is 12.5 Å². The Bertz CT molecular complexity index is 693. The van der Waals surface area contributed by atoms with Crippen LogP contribution in [0.1, 0.15) is 57.1 Å². The largest absolute Gasteiger partial charge is 0.493 e. The van der Waals surface area contributed by atoms with E-state index in [1.807, 2.05) is 12.1 Å². The van der Waals surface area contributed by atoms with Crippen LogP contribution in [0.25, 0.3) is 11.0 Å². The molecule has 2 aromatic rings. The Balaban J connectivity index is 1.36. The monoisotopic (exact) mass is 344 g/mol. The van der Waals surface area contributed by atoms with Crippen molar-refractivity contribution in [3.05, 3.63) is 30.0 Å². The van der Waals surface area contributed by atoms with Gasteiger partial charge < -0.3 is 19.0 Å². The standard InChI is InChI=1S/C21H28O4/c1-14(22)12-23-18-7-4-16(5-8-18)20-10-17-6-9-19(11-21(17)25-20)24-13-15-2-3-15/h6,9-11,14-16,18,22H,2-5,7-8,12-13H2,1H3/t14?,16-,18-. The van der Waals surface area contributed by atoms with E-state index in [1.54, 1.807) is 6.92 Å². The molecule has 2 saturated carbocycles. The number of aliphatic hydroxyl groups excluding tert-OH is 1. The Morgan fingerprint density at radius 3 is 2.64 bits per heavy atom. The number of aliphatic hydroxyl groups is 1. The summed E-state index contributed by atoms with van der Waals surface area (Å²) in [6.45, 7) is 3.03. The van der Waals surface area contributed by atoms with Crippen LogP contribution in [0, 0.1) is 5.92 Å². The third-order valence-electron chi connectivity index (χ3n) is 5.34. The fourth-order valence-corrected chi connectivity index (χ4v) is 3.61. The number of rotatable bonds is 7. The van der Waals surface area contributed by atoms with E-state index in [-0.39, 0.29) is 12.2 Å². The Labute approximate surface area is 149 Å². The highest BCUT2D eigenvalue weighted by Crippen LogP contribution is 2.37. The predicted molar refractivity (Wildman–Crippen MR) is 97.1 cm³/mol. The Morgan fingerprint density at radius 2 is 1.92 bits per heavy atom. The van der Waals surface area contributed by atoms with Crippen molar-refractivity contribution < 1.29 is 19.0 Å². The number of ether oxygens (including phenoxy) is 2. The van der Waals surface area contributed by atoms with Crippen molar-refractivity contribution in [3.63, 3.8) is 0 Å². The van der Waals surface area contributed by atoms with Crippen LogP contribution in [-0.4, -0.2) is 30.5 Å². The molecule has 0 aliphatic heterocycles. The molecule has 0 radical (unpaired) electrons. The van der Waals surface area contributed by atoms with Crippen LogP contribution in [0.3, 0.4) is 0 Å². The number of fused-ring (bicyclic) bond motifs is 1. The number of hydrogen-bond acceptors (Lipinski definition) is 4. The third kappa shape index (κ3) is 4.36. The summed E-state index contributed by atoms with van der Waals surface area (Å²) in [6.07, 6.45) is 6.72. The summed E-state index contributed by atoms with van der Waals surface area (Å²) in [5, 5.41) is 10.5. The molecule has 0 bridgehead atoms. The van der Waals surface area contributed by atoms with Gasteiger partial charge in [0.1, 0.15) is 17.1 Å². The molecule has 0 amide bonds. The zero-order chi connectivity index (χ0) is 17.2. The van der Waals surface area contributed by atoms with Crippen molar-refractivity contribution in [1.82, 2.24) is 0 Å². The number of hydrogen-bond donors (Lipinski definition) is 1. The Morgan fingerprint density at radius 1 is 1.12 bits per heavy atom. The molecule has 0 saturated heterocycles. The van der Waals surface area contributed by atoms with Gasteiger partial charge in [0.15, 0.2) is 0 Å². The van der Waals surface area contributed by atoms with Crippen LogP contribution >= 0.6 is 0 Å². The normalized spacial score (nSPS) is 25.2. The van der Waals surface area contributed by atoms with E-state index < -0.39 is 0 Å². The summed E-state index contributed by atoms with van der Waals surface area (Å²) in [6, 6.07) is 8.35. The van der Waals surface area contributed by atoms with Gasteiger partial charge in [-0.15, -0.1) is 0 Å². The molecular formula is C21H28O4. The van der Waals surface area contributed by atoms with Gasteiger partial charge in [-0.3, -0.25) is 0 Å². The molecule has 2 aliphatic rings. The van der Waals surface area contributed by atoms with Gasteiger partial charge in [-0.2, -0.15) is 0 Å². The molecule has 2 aliphatic carbocycles. The van der Waals surface area contributed by atoms with E-state index >= 15 is 0 Å². The molecule has 25 heavy (non-hydrogen) atoms. The minimum atomic E-state index is -0.385. The average Bonchev–Trinajstić information content (AvgIpc) is 3.35.